The maximum atomic E-state index is 13.1. The number of hydrogen-bond donors (Lipinski definition) is 0. The maximum Gasteiger partial charge on any atom is 0.225 e. The minimum atomic E-state index is -0.450. The minimum absolute atomic E-state index is 0.0496. The molecule has 2 aliphatic rings. The zero-order valence-electron chi connectivity index (χ0n) is 18.4. The van der Waals surface area contributed by atoms with Crippen LogP contribution in [0.3, 0.4) is 0 Å². The van der Waals surface area contributed by atoms with Gasteiger partial charge in [-0.15, -0.1) is 10.2 Å². The highest BCUT2D eigenvalue weighted by atomic mass is 35.5. The molecule has 1 amide bonds. The average Bonchev–Trinajstić information content (AvgIpc) is 3.27. The van der Waals surface area contributed by atoms with Gasteiger partial charge in [-0.05, 0) is 26.0 Å². The first kappa shape index (κ1) is 20.9. The molecule has 0 unspecified atom stereocenters. The lowest BCUT2D eigenvalue weighted by Gasteiger charge is -2.27. The molecule has 8 nitrogen and oxygen atoms in total. The van der Waals surface area contributed by atoms with Crippen LogP contribution < -0.4 is 0 Å². The first-order chi connectivity index (χ1) is 15.4. The first-order valence-corrected chi connectivity index (χ1v) is 11.1. The predicted molar refractivity (Wildman–Crippen MR) is 122 cm³/mol. The van der Waals surface area contributed by atoms with Crippen LogP contribution in [0.25, 0.3) is 5.69 Å². The van der Waals surface area contributed by atoms with E-state index in [2.05, 4.69) is 27.9 Å². The van der Waals surface area contributed by atoms with Gasteiger partial charge in [0.15, 0.2) is 5.82 Å². The number of carbonyl (C=O) groups is 1. The highest BCUT2D eigenvalue weighted by Crippen LogP contribution is 2.35. The van der Waals surface area contributed by atoms with Crippen molar-refractivity contribution in [2.75, 3.05) is 26.3 Å². The van der Waals surface area contributed by atoms with E-state index in [1.54, 1.807) is 0 Å². The van der Waals surface area contributed by atoms with E-state index in [0.29, 0.717) is 37.2 Å². The standard InChI is InChI=1S/C23H25ClN6O2/c1-14-21-19(13-28(14)3)30-15(2)26-27-23(30)18(12-20(31)29-8-10-32-11-9-29)25-22(21)16-4-6-17(24)7-5-16/h4-7,13,18H,8-12H2,1-3H3/t18-/m0/s1. The van der Waals surface area contributed by atoms with Crippen LogP contribution in [0.15, 0.2) is 35.5 Å². The molecule has 0 radical (unpaired) electrons. The lowest BCUT2D eigenvalue weighted by atomic mass is 10.0. The Bertz CT molecular complexity index is 1200. The lowest BCUT2D eigenvalue weighted by Crippen LogP contribution is -2.41. The van der Waals surface area contributed by atoms with Gasteiger partial charge in [-0.2, -0.15) is 0 Å². The van der Waals surface area contributed by atoms with Gasteiger partial charge < -0.3 is 14.2 Å². The highest BCUT2D eigenvalue weighted by molar-refractivity contribution is 6.30. The number of morpholine rings is 1. The quantitative estimate of drug-likeness (QED) is 0.612. The number of rotatable bonds is 3. The van der Waals surface area contributed by atoms with E-state index in [9.17, 15) is 4.79 Å². The monoisotopic (exact) mass is 452 g/mol. The zero-order valence-corrected chi connectivity index (χ0v) is 19.1. The normalized spacial score (nSPS) is 18.1. The molecule has 0 N–H and O–H groups in total. The molecule has 2 aromatic heterocycles. The Labute approximate surface area is 191 Å². The van der Waals surface area contributed by atoms with Crippen LogP contribution in [0.4, 0.5) is 0 Å². The van der Waals surface area contributed by atoms with Crippen molar-refractivity contribution in [3.8, 4) is 5.69 Å². The van der Waals surface area contributed by atoms with Crippen molar-refractivity contribution in [3.63, 3.8) is 0 Å². The number of ether oxygens (including phenoxy) is 1. The van der Waals surface area contributed by atoms with Crippen molar-refractivity contribution >= 4 is 23.2 Å². The average molecular weight is 453 g/mol. The number of fused-ring (bicyclic) bond motifs is 3. The van der Waals surface area contributed by atoms with Gasteiger partial charge >= 0.3 is 0 Å². The van der Waals surface area contributed by atoms with Crippen LogP contribution in [0.2, 0.25) is 5.02 Å². The van der Waals surface area contributed by atoms with E-state index in [0.717, 1.165) is 34.0 Å². The van der Waals surface area contributed by atoms with Crippen molar-refractivity contribution in [1.82, 2.24) is 24.2 Å². The first-order valence-electron chi connectivity index (χ1n) is 10.7. The number of aryl methyl sites for hydroxylation is 2. The van der Waals surface area contributed by atoms with Gasteiger partial charge in [-0.3, -0.25) is 14.4 Å². The van der Waals surface area contributed by atoms with Crippen molar-refractivity contribution in [2.24, 2.45) is 12.0 Å². The number of aromatic nitrogens is 4. The SMILES string of the molecule is Cc1c2c(cn1C)-n1c(C)nnc1[C@H](CC(=O)N1CCOCC1)N=C2c1ccc(Cl)cc1. The molecule has 0 saturated carbocycles. The van der Waals surface area contributed by atoms with Gasteiger partial charge in [-0.25, -0.2) is 0 Å². The number of amides is 1. The van der Waals surface area contributed by atoms with Crippen LogP contribution in [-0.2, 0) is 16.6 Å². The summed E-state index contributed by atoms with van der Waals surface area (Å²) in [6.07, 6.45) is 2.30. The molecule has 32 heavy (non-hydrogen) atoms. The number of benzene rings is 1. The molecule has 5 rings (SSSR count). The van der Waals surface area contributed by atoms with Crippen LogP contribution in [0, 0.1) is 13.8 Å². The Morgan fingerprint density at radius 1 is 1.16 bits per heavy atom. The molecule has 166 valence electrons. The third kappa shape index (κ3) is 3.53. The van der Waals surface area contributed by atoms with Crippen LogP contribution in [0.5, 0.6) is 0 Å². The fraction of sp³-hybridized carbons (Fsp3) is 0.391. The number of carbonyl (C=O) groups excluding carboxylic acids is 1. The lowest BCUT2D eigenvalue weighted by molar-refractivity contribution is -0.135. The number of halogens is 1. The van der Waals surface area contributed by atoms with Crippen LogP contribution >= 0.6 is 11.6 Å². The van der Waals surface area contributed by atoms with Crippen molar-refractivity contribution in [3.05, 3.63) is 64.0 Å². The Morgan fingerprint density at radius 2 is 1.88 bits per heavy atom. The molecule has 2 aliphatic heterocycles. The van der Waals surface area contributed by atoms with E-state index >= 15 is 0 Å². The molecule has 1 aromatic carbocycles. The molecular formula is C23H25ClN6O2. The molecule has 0 bridgehead atoms. The van der Waals surface area contributed by atoms with E-state index in [1.165, 1.54) is 0 Å². The van der Waals surface area contributed by atoms with Gasteiger partial charge in [0.2, 0.25) is 5.91 Å². The summed E-state index contributed by atoms with van der Waals surface area (Å²) in [6.45, 7) is 6.34. The van der Waals surface area contributed by atoms with E-state index in [4.69, 9.17) is 21.3 Å². The topological polar surface area (TPSA) is 77.5 Å². The predicted octanol–water partition coefficient (Wildman–Crippen LogP) is 3.02. The molecular weight excluding hydrogens is 428 g/mol. The Morgan fingerprint density at radius 3 is 2.59 bits per heavy atom. The summed E-state index contributed by atoms with van der Waals surface area (Å²) in [7, 11) is 2.02. The highest BCUT2D eigenvalue weighted by Gasteiger charge is 2.33. The number of hydrogen-bond acceptors (Lipinski definition) is 5. The summed E-state index contributed by atoms with van der Waals surface area (Å²) >= 11 is 6.15. The molecule has 0 spiro atoms. The summed E-state index contributed by atoms with van der Waals surface area (Å²) in [6, 6.07) is 7.21. The Hall–Kier alpha value is -2.97. The fourth-order valence-corrected chi connectivity index (χ4v) is 4.54. The third-order valence-electron chi connectivity index (χ3n) is 6.22. The van der Waals surface area contributed by atoms with E-state index in [1.807, 2.05) is 47.7 Å². The summed E-state index contributed by atoms with van der Waals surface area (Å²) < 4.78 is 9.51. The third-order valence-corrected chi connectivity index (χ3v) is 6.47. The van der Waals surface area contributed by atoms with E-state index in [-0.39, 0.29) is 12.3 Å². The second kappa shape index (κ2) is 8.18. The summed E-state index contributed by atoms with van der Waals surface area (Å²) in [5, 5.41) is 9.45. The summed E-state index contributed by atoms with van der Waals surface area (Å²) in [5.74, 6) is 1.50. The molecule has 9 heteroatoms. The van der Waals surface area contributed by atoms with E-state index < -0.39 is 6.04 Å². The van der Waals surface area contributed by atoms with Crippen molar-refractivity contribution in [2.45, 2.75) is 26.3 Å². The molecule has 1 atom stereocenters. The largest absolute Gasteiger partial charge is 0.378 e. The Balaban J connectivity index is 1.66. The van der Waals surface area contributed by atoms with Gasteiger partial charge in [0.1, 0.15) is 11.9 Å². The Kier molecular flexibility index (Phi) is 5.35. The van der Waals surface area contributed by atoms with Crippen LogP contribution in [0.1, 0.15) is 40.9 Å². The second-order valence-electron chi connectivity index (χ2n) is 8.22. The second-order valence-corrected chi connectivity index (χ2v) is 8.66. The molecule has 1 fully saturated rings. The number of aliphatic imine (C=N–C) groups is 1. The number of nitrogens with zero attached hydrogens (tertiary/aromatic N) is 6. The minimum Gasteiger partial charge on any atom is -0.378 e. The van der Waals surface area contributed by atoms with Gasteiger partial charge in [-0.1, -0.05) is 23.7 Å². The molecule has 0 aliphatic carbocycles. The summed E-state index contributed by atoms with van der Waals surface area (Å²) in [5.41, 5.74) is 4.84. The molecule has 3 aromatic rings. The van der Waals surface area contributed by atoms with Gasteiger partial charge in [0.05, 0.1) is 31.0 Å². The molecule has 4 heterocycles. The summed E-state index contributed by atoms with van der Waals surface area (Å²) in [4.78, 5) is 20.1. The zero-order chi connectivity index (χ0) is 22.4. The smallest absolute Gasteiger partial charge is 0.225 e. The van der Waals surface area contributed by atoms with Gasteiger partial charge in [0.25, 0.3) is 0 Å². The maximum absolute atomic E-state index is 13.1. The van der Waals surface area contributed by atoms with Gasteiger partial charge in [0, 0.05) is 48.2 Å². The van der Waals surface area contributed by atoms with Crippen molar-refractivity contribution in [1.29, 1.82) is 0 Å². The molecule has 1 saturated heterocycles. The van der Waals surface area contributed by atoms with Crippen molar-refractivity contribution < 1.29 is 9.53 Å². The van der Waals surface area contributed by atoms with Crippen LogP contribution in [-0.4, -0.2) is 62.2 Å². The fourth-order valence-electron chi connectivity index (χ4n) is 4.41.